The van der Waals surface area contributed by atoms with Gasteiger partial charge in [0, 0.05) is 25.3 Å². The third-order valence-electron chi connectivity index (χ3n) is 3.94. The quantitative estimate of drug-likeness (QED) is 0.549. The fourth-order valence-electron chi connectivity index (χ4n) is 2.64. The Morgan fingerprint density at radius 3 is 2.86 bits per heavy atom. The van der Waals surface area contributed by atoms with Gasteiger partial charge in [-0.25, -0.2) is 10.8 Å². The standard InChI is InChI=1S/C14H22ClN5O/c1-20(11-4-2-3-5-11)7-6-17-14(21)10-8-12(15)13(19-16)18-9-10/h8-9,11H,2-7,16H2,1H3,(H,17,21)(H,18,19). The lowest BCUT2D eigenvalue weighted by atomic mass is 10.2. The summed E-state index contributed by atoms with van der Waals surface area (Å²) in [6, 6.07) is 2.22. The van der Waals surface area contributed by atoms with Crippen LogP contribution >= 0.6 is 11.6 Å². The van der Waals surface area contributed by atoms with Crippen molar-refractivity contribution in [2.24, 2.45) is 5.84 Å². The van der Waals surface area contributed by atoms with Crippen LogP contribution in [0.1, 0.15) is 36.0 Å². The molecule has 2 rings (SSSR count). The first-order valence-corrected chi connectivity index (χ1v) is 7.60. The third kappa shape index (κ3) is 4.30. The van der Waals surface area contributed by atoms with Gasteiger partial charge in [0.15, 0.2) is 5.82 Å². The summed E-state index contributed by atoms with van der Waals surface area (Å²) in [6.07, 6.45) is 6.60. The van der Waals surface area contributed by atoms with E-state index in [2.05, 4.69) is 27.7 Å². The SMILES string of the molecule is CN(CCNC(=O)c1cnc(NN)c(Cl)c1)C1CCCC1. The molecule has 116 valence electrons. The first kappa shape index (κ1) is 16.0. The number of nitrogens with one attached hydrogen (secondary N) is 2. The molecule has 4 N–H and O–H groups in total. The monoisotopic (exact) mass is 311 g/mol. The lowest BCUT2D eigenvalue weighted by molar-refractivity contribution is 0.0947. The summed E-state index contributed by atoms with van der Waals surface area (Å²) in [5.74, 6) is 5.43. The van der Waals surface area contributed by atoms with Crippen molar-refractivity contribution in [2.75, 3.05) is 25.6 Å². The Morgan fingerprint density at radius 1 is 1.52 bits per heavy atom. The van der Waals surface area contributed by atoms with Gasteiger partial charge in [-0.15, -0.1) is 0 Å². The van der Waals surface area contributed by atoms with Crippen LogP contribution in [0.4, 0.5) is 5.82 Å². The van der Waals surface area contributed by atoms with Crippen LogP contribution in [0.15, 0.2) is 12.3 Å². The second-order valence-electron chi connectivity index (χ2n) is 5.37. The molecule has 1 aliphatic carbocycles. The number of hydrogen-bond donors (Lipinski definition) is 3. The molecule has 6 nitrogen and oxygen atoms in total. The van der Waals surface area contributed by atoms with E-state index in [0.717, 1.165) is 6.54 Å². The van der Waals surface area contributed by atoms with Crippen LogP contribution in [0.3, 0.4) is 0 Å². The van der Waals surface area contributed by atoms with Gasteiger partial charge in [0.25, 0.3) is 5.91 Å². The molecular weight excluding hydrogens is 290 g/mol. The van der Waals surface area contributed by atoms with Crippen LogP contribution in [-0.2, 0) is 0 Å². The molecule has 1 heterocycles. The van der Waals surface area contributed by atoms with E-state index >= 15 is 0 Å². The fourth-order valence-corrected chi connectivity index (χ4v) is 2.86. The van der Waals surface area contributed by atoms with Gasteiger partial charge in [0.2, 0.25) is 0 Å². The van der Waals surface area contributed by atoms with E-state index < -0.39 is 0 Å². The molecule has 0 spiro atoms. The average Bonchev–Trinajstić information content (AvgIpc) is 3.01. The zero-order valence-corrected chi connectivity index (χ0v) is 13.0. The molecule has 0 unspecified atom stereocenters. The summed E-state index contributed by atoms with van der Waals surface area (Å²) < 4.78 is 0. The molecule has 1 fully saturated rings. The maximum Gasteiger partial charge on any atom is 0.252 e. The fraction of sp³-hybridized carbons (Fsp3) is 0.571. The molecule has 1 aromatic heterocycles. The number of halogens is 1. The van der Waals surface area contributed by atoms with Gasteiger partial charge in [-0.2, -0.15) is 0 Å². The Kier molecular flexibility index (Phi) is 5.78. The molecule has 0 radical (unpaired) electrons. The first-order chi connectivity index (χ1) is 10.1. The molecule has 0 saturated heterocycles. The van der Waals surface area contributed by atoms with Crippen LogP contribution in [0.2, 0.25) is 5.02 Å². The van der Waals surface area contributed by atoms with Crippen molar-refractivity contribution in [1.82, 2.24) is 15.2 Å². The van der Waals surface area contributed by atoms with E-state index in [1.54, 1.807) is 6.07 Å². The zero-order chi connectivity index (χ0) is 15.2. The molecular formula is C14H22ClN5O. The summed E-state index contributed by atoms with van der Waals surface area (Å²) in [6.45, 7) is 1.46. The Balaban J connectivity index is 1.80. The van der Waals surface area contributed by atoms with E-state index in [4.69, 9.17) is 17.4 Å². The molecule has 0 atom stereocenters. The molecule has 1 saturated carbocycles. The van der Waals surface area contributed by atoms with Crippen molar-refractivity contribution in [1.29, 1.82) is 0 Å². The minimum absolute atomic E-state index is 0.173. The van der Waals surface area contributed by atoms with Crippen LogP contribution in [0, 0.1) is 0 Å². The topological polar surface area (TPSA) is 83.3 Å². The van der Waals surface area contributed by atoms with Crippen molar-refractivity contribution in [2.45, 2.75) is 31.7 Å². The molecule has 0 aliphatic heterocycles. The lowest BCUT2D eigenvalue weighted by Gasteiger charge is -2.23. The van der Waals surface area contributed by atoms with Gasteiger partial charge in [0.1, 0.15) is 0 Å². The zero-order valence-electron chi connectivity index (χ0n) is 12.2. The number of anilines is 1. The van der Waals surface area contributed by atoms with Gasteiger partial charge in [-0.3, -0.25) is 4.79 Å². The number of nitrogens with two attached hydrogens (primary N) is 1. The average molecular weight is 312 g/mol. The number of hydrazine groups is 1. The summed E-state index contributed by atoms with van der Waals surface area (Å²) >= 11 is 5.95. The van der Waals surface area contributed by atoms with Gasteiger partial charge < -0.3 is 15.6 Å². The predicted molar refractivity (Wildman–Crippen MR) is 84.3 cm³/mol. The molecule has 0 aromatic carbocycles. The number of nitrogen functional groups attached to an aromatic ring is 1. The summed E-state index contributed by atoms with van der Waals surface area (Å²) in [5, 5.41) is 3.21. The molecule has 1 aliphatic rings. The molecule has 1 aromatic rings. The first-order valence-electron chi connectivity index (χ1n) is 7.22. The van der Waals surface area contributed by atoms with Crippen LogP contribution in [-0.4, -0.2) is 42.0 Å². The van der Waals surface area contributed by atoms with E-state index in [-0.39, 0.29) is 5.91 Å². The maximum atomic E-state index is 12.0. The maximum absolute atomic E-state index is 12.0. The van der Waals surface area contributed by atoms with Crippen molar-refractivity contribution >= 4 is 23.3 Å². The lowest BCUT2D eigenvalue weighted by Crippen LogP contribution is -2.37. The number of likely N-dealkylation sites (N-methyl/N-ethyl adjacent to an activating group) is 1. The van der Waals surface area contributed by atoms with E-state index in [9.17, 15) is 4.79 Å². The van der Waals surface area contributed by atoms with Gasteiger partial charge in [0.05, 0.1) is 10.6 Å². The van der Waals surface area contributed by atoms with Crippen molar-refractivity contribution in [3.8, 4) is 0 Å². The van der Waals surface area contributed by atoms with Crippen molar-refractivity contribution in [3.63, 3.8) is 0 Å². The normalized spacial score (nSPS) is 15.4. The molecule has 21 heavy (non-hydrogen) atoms. The summed E-state index contributed by atoms with van der Waals surface area (Å²) in [7, 11) is 2.11. The number of amides is 1. The predicted octanol–water partition coefficient (Wildman–Crippen LogP) is 1.62. The highest BCUT2D eigenvalue weighted by molar-refractivity contribution is 6.33. The Morgan fingerprint density at radius 2 is 2.24 bits per heavy atom. The van der Waals surface area contributed by atoms with E-state index in [1.807, 2.05) is 0 Å². The number of nitrogens with zero attached hydrogens (tertiary/aromatic N) is 2. The van der Waals surface area contributed by atoms with Crippen LogP contribution < -0.4 is 16.6 Å². The van der Waals surface area contributed by atoms with Crippen LogP contribution in [0.5, 0.6) is 0 Å². The molecule has 1 amide bonds. The highest BCUT2D eigenvalue weighted by Crippen LogP contribution is 2.22. The number of aromatic nitrogens is 1. The van der Waals surface area contributed by atoms with Gasteiger partial charge in [-0.05, 0) is 26.0 Å². The van der Waals surface area contributed by atoms with Crippen molar-refractivity contribution < 1.29 is 4.79 Å². The second kappa shape index (κ2) is 7.59. The number of pyridine rings is 1. The smallest absolute Gasteiger partial charge is 0.252 e. The largest absolute Gasteiger partial charge is 0.351 e. The van der Waals surface area contributed by atoms with Gasteiger partial charge in [-0.1, -0.05) is 24.4 Å². The Bertz CT molecular complexity index is 490. The minimum atomic E-state index is -0.173. The van der Waals surface area contributed by atoms with E-state index in [0.29, 0.717) is 29.0 Å². The third-order valence-corrected chi connectivity index (χ3v) is 4.23. The minimum Gasteiger partial charge on any atom is -0.351 e. The molecule has 7 heteroatoms. The summed E-state index contributed by atoms with van der Waals surface area (Å²) in [4.78, 5) is 18.3. The Hall–Kier alpha value is -1.37. The number of hydrogen-bond acceptors (Lipinski definition) is 5. The highest BCUT2D eigenvalue weighted by atomic mass is 35.5. The Labute approximate surface area is 130 Å². The highest BCUT2D eigenvalue weighted by Gasteiger charge is 2.19. The van der Waals surface area contributed by atoms with Gasteiger partial charge >= 0.3 is 0 Å². The summed E-state index contributed by atoms with van der Waals surface area (Å²) in [5.41, 5.74) is 2.80. The number of carbonyl (C=O) groups is 1. The van der Waals surface area contributed by atoms with Crippen molar-refractivity contribution in [3.05, 3.63) is 22.8 Å². The van der Waals surface area contributed by atoms with Crippen LogP contribution in [0.25, 0.3) is 0 Å². The number of carbonyl (C=O) groups excluding carboxylic acids is 1. The number of rotatable bonds is 6. The second-order valence-corrected chi connectivity index (χ2v) is 5.78. The molecule has 0 bridgehead atoms. The van der Waals surface area contributed by atoms with E-state index in [1.165, 1.54) is 31.9 Å².